The minimum absolute atomic E-state index is 0.0824. The van der Waals surface area contributed by atoms with Crippen molar-refractivity contribution in [3.63, 3.8) is 0 Å². The molecular weight excluding hydrogens is 388 g/mol. The summed E-state index contributed by atoms with van der Waals surface area (Å²) in [4.78, 5) is 12.1. The van der Waals surface area contributed by atoms with Crippen LogP contribution in [0.3, 0.4) is 0 Å². The maximum absolute atomic E-state index is 12.1. The van der Waals surface area contributed by atoms with E-state index < -0.39 is 6.10 Å². The highest BCUT2D eigenvalue weighted by Crippen LogP contribution is 2.48. The summed E-state index contributed by atoms with van der Waals surface area (Å²) in [5.41, 5.74) is 1.82. The Balaban J connectivity index is 2.49. The fourth-order valence-corrected chi connectivity index (χ4v) is 2.84. The van der Waals surface area contributed by atoms with Crippen LogP contribution in [0.2, 0.25) is 0 Å². The van der Waals surface area contributed by atoms with Gasteiger partial charge in [0.1, 0.15) is 12.4 Å². The Labute approximate surface area is 155 Å². The zero-order valence-electron chi connectivity index (χ0n) is 14.3. The molecule has 0 aromatic heterocycles. The number of phenolic OH excluding ortho intramolecular Hbond substituents is 1. The van der Waals surface area contributed by atoms with Crippen LogP contribution in [0.4, 0.5) is 0 Å². The molecular formula is C19H21BrO5. The van der Waals surface area contributed by atoms with Crippen LogP contribution >= 0.6 is 15.9 Å². The highest BCUT2D eigenvalue weighted by Gasteiger charge is 2.33. The molecule has 0 amide bonds. The predicted molar refractivity (Wildman–Crippen MR) is 99.0 cm³/mol. The summed E-state index contributed by atoms with van der Waals surface area (Å²) in [7, 11) is 1.50. The number of hydrogen-bond acceptors (Lipinski definition) is 5. The first-order valence-corrected chi connectivity index (χ1v) is 8.57. The summed E-state index contributed by atoms with van der Waals surface area (Å²) in [6, 6.07) is 1.61. The largest absolute Gasteiger partial charge is 0.503 e. The molecule has 134 valence electrons. The molecule has 0 spiro atoms. The van der Waals surface area contributed by atoms with E-state index in [2.05, 4.69) is 29.1 Å². The molecule has 5 nitrogen and oxygen atoms in total. The molecule has 25 heavy (non-hydrogen) atoms. The number of ether oxygens (including phenoxy) is 3. The van der Waals surface area contributed by atoms with Gasteiger partial charge in [0.15, 0.2) is 17.6 Å². The number of carbonyl (C=O) groups excluding carboxylic acids is 1. The molecule has 2 rings (SSSR count). The second-order valence-corrected chi connectivity index (χ2v) is 6.60. The van der Waals surface area contributed by atoms with E-state index in [4.69, 9.17) is 14.2 Å². The zero-order valence-corrected chi connectivity index (χ0v) is 15.9. The van der Waals surface area contributed by atoms with Crippen LogP contribution in [0.5, 0.6) is 17.2 Å². The van der Waals surface area contributed by atoms with Crippen LogP contribution in [0.25, 0.3) is 0 Å². The van der Waals surface area contributed by atoms with Gasteiger partial charge in [-0.2, -0.15) is 0 Å². The minimum atomic E-state index is -0.693. The van der Waals surface area contributed by atoms with E-state index >= 15 is 0 Å². The molecule has 1 heterocycles. The first-order chi connectivity index (χ1) is 11.9. The van der Waals surface area contributed by atoms with E-state index in [1.807, 2.05) is 6.92 Å². The molecule has 1 aliphatic rings. The highest BCUT2D eigenvalue weighted by atomic mass is 79.9. The van der Waals surface area contributed by atoms with Gasteiger partial charge in [-0.25, -0.2) is 4.79 Å². The third-order valence-electron chi connectivity index (χ3n) is 3.64. The molecule has 1 aliphatic heterocycles. The Morgan fingerprint density at radius 3 is 2.84 bits per heavy atom. The molecule has 1 aromatic carbocycles. The van der Waals surface area contributed by atoms with Crippen LogP contribution in [0.15, 0.2) is 47.0 Å². The second kappa shape index (κ2) is 8.25. The van der Waals surface area contributed by atoms with Gasteiger partial charge in [0.25, 0.3) is 0 Å². The number of allylic oxidation sites excluding steroid dienone is 1. The third kappa shape index (κ3) is 4.25. The van der Waals surface area contributed by atoms with E-state index in [1.165, 1.54) is 7.11 Å². The third-order valence-corrected chi connectivity index (χ3v) is 4.25. The fraction of sp³-hybridized carbons (Fsp3) is 0.316. The SMILES string of the molecule is C=CCCC1=CC(c2c(OC)cc(Br)c(O)c2OCC(=C)C)OC1=O. The summed E-state index contributed by atoms with van der Waals surface area (Å²) in [5.74, 6) is 0.178. The lowest BCUT2D eigenvalue weighted by atomic mass is 10.0. The molecule has 0 bridgehead atoms. The van der Waals surface area contributed by atoms with Gasteiger partial charge in [0.2, 0.25) is 0 Å². The topological polar surface area (TPSA) is 65.0 Å². The van der Waals surface area contributed by atoms with Gasteiger partial charge in [0.05, 0.1) is 17.1 Å². The van der Waals surface area contributed by atoms with E-state index in [1.54, 1.807) is 18.2 Å². The van der Waals surface area contributed by atoms with Crippen LogP contribution < -0.4 is 9.47 Å². The van der Waals surface area contributed by atoms with Crippen molar-refractivity contribution < 1.29 is 24.1 Å². The van der Waals surface area contributed by atoms with Gasteiger partial charge in [0, 0.05) is 5.57 Å². The molecule has 0 saturated carbocycles. The Kier molecular flexibility index (Phi) is 6.31. The van der Waals surface area contributed by atoms with Gasteiger partial charge in [-0.05, 0) is 53.4 Å². The maximum Gasteiger partial charge on any atom is 0.334 e. The molecule has 6 heteroatoms. The molecule has 0 saturated heterocycles. The monoisotopic (exact) mass is 408 g/mol. The lowest BCUT2D eigenvalue weighted by molar-refractivity contribution is -0.140. The fourth-order valence-electron chi connectivity index (χ4n) is 2.45. The smallest absolute Gasteiger partial charge is 0.334 e. The first-order valence-electron chi connectivity index (χ1n) is 7.78. The van der Waals surface area contributed by atoms with Crippen LogP contribution in [0, 0.1) is 0 Å². The number of carbonyl (C=O) groups is 1. The molecule has 1 unspecified atom stereocenters. The van der Waals surface area contributed by atoms with E-state index in [0.717, 1.165) is 5.57 Å². The number of esters is 1. The molecule has 1 aromatic rings. The summed E-state index contributed by atoms with van der Waals surface area (Å²) in [6.07, 6.45) is 4.00. The van der Waals surface area contributed by atoms with Gasteiger partial charge in [-0.15, -0.1) is 6.58 Å². The second-order valence-electron chi connectivity index (χ2n) is 5.74. The minimum Gasteiger partial charge on any atom is -0.503 e. The number of aromatic hydroxyl groups is 1. The van der Waals surface area contributed by atoms with Crippen molar-refractivity contribution >= 4 is 21.9 Å². The molecule has 0 fully saturated rings. The van der Waals surface area contributed by atoms with E-state index in [9.17, 15) is 9.90 Å². The lowest BCUT2D eigenvalue weighted by Gasteiger charge is -2.20. The predicted octanol–water partition coefficient (Wildman–Crippen LogP) is 4.61. The van der Waals surface area contributed by atoms with Gasteiger partial charge in [-0.3, -0.25) is 0 Å². The summed E-state index contributed by atoms with van der Waals surface area (Å²) in [5, 5.41) is 10.4. The van der Waals surface area contributed by atoms with Crippen molar-refractivity contribution in [1.82, 2.24) is 0 Å². The van der Waals surface area contributed by atoms with Gasteiger partial charge in [-0.1, -0.05) is 12.7 Å². The Morgan fingerprint density at radius 1 is 1.52 bits per heavy atom. The molecule has 0 aliphatic carbocycles. The van der Waals surface area contributed by atoms with Crippen molar-refractivity contribution in [2.45, 2.75) is 25.9 Å². The molecule has 1 atom stereocenters. The standard InChI is InChI=1S/C19H21BrO5/c1-5-6-7-12-8-15(25-19(12)22)16-14(23-4)9-13(20)17(21)18(16)24-10-11(2)3/h5,8-9,15,21H,1-2,6-7,10H2,3-4H3. The van der Waals surface area contributed by atoms with Crippen molar-refractivity contribution in [3.8, 4) is 17.2 Å². The number of methoxy groups -OCH3 is 1. The number of rotatable bonds is 8. The van der Waals surface area contributed by atoms with Gasteiger partial charge >= 0.3 is 5.97 Å². The number of hydrogen-bond donors (Lipinski definition) is 1. The average Bonchev–Trinajstić information content (AvgIpc) is 2.93. The number of phenols is 1. The Morgan fingerprint density at radius 2 is 2.24 bits per heavy atom. The van der Waals surface area contributed by atoms with E-state index in [0.29, 0.717) is 34.2 Å². The van der Waals surface area contributed by atoms with Crippen LogP contribution in [0.1, 0.15) is 31.4 Å². The van der Waals surface area contributed by atoms with E-state index in [-0.39, 0.29) is 24.1 Å². The van der Waals surface area contributed by atoms with Crippen molar-refractivity contribution in [3.05, 3.63) is 52.6 Å². The quantitative estimate of drug-likeness (QED) is 0.502. The van der Waals surface area contributed by atoms with Crippen molar-refractivity contribution in [1.29, 1.82) is 0 Å². The zero-order chi connectivity index (χ0) is 18.6. The summed E-state index contributed by atoms with van der Waals surface area (Å²) < 4.78 is 17.0. The average molecular weight is 409 g/mol. The van der Waals surface area contributed by atoms with Crippen molar-refractivity contribution in [2.24, 2.45) is 0 Å². The maximum atomic E-state index is 12.1. The summed E-state index contributed by atoms with van der Waals surface area (Å²) >= 11 is 3.28. The van der Waals surface area contributed by atoms with Crippen molar-refractivity contribution in [2.75, 3.05) is 13.7 Å². The summed E-state index contributed by atoms with van der Waals surface area (Å²) in [6.45, 7) is 9.49. The Bertz CT molecular complexity index is 736. The number of cyclic esters (lactones) is 1. The number of halogens is 1. The first kappa shape index (κ1) is 19.1. The normalized spacial score (nSPS) is 16.2. The molecule has 0 radical (unpaired) electrons. The lowest BCUT2D eigenvalue weighted by Crippen LogP contribution is -2.08. The highest BCUT2D eigenvalue weighted by molar-refractivity contribution is 9.10. The number of benzene rings is 1. The molecule has 1 N–H and O–H groups in total. The van der Waals surface area contributed by atoms with Gasteiger partial charge < -0.3 is 19.3 Å². The Hall–Kier alpha value is -2.21. The van der Waals surface area contributed by atoms with Crippen LogP contribution in [-0.2, 0) is 9.53 Å². The van der Waals surface area contributed by atoms with Crippen LogP contribution in [-0.4, -0.2) is 24.8 Å².